The Labute approximate surface area is 183 Å². The van der Waals surface area contributed by atoms with Crippen LogP contribution in [0.2, 0.25) is 0 Å². The molecule has 1 N–H and O–H groups in total. The molecule has 0 saturated heterocycles. The topological polar surface area (TPSA) is 49.4 Å². The zero-order valence-corrected chi connectivity index (χ0v) is 18.5. The fraction of sp³-hybridized carbons (Fsp3) is 0.185. The maximum absolute atomic E-state index is 13.6. The number of carbonyl (C=O) groups excluding carboxylic acids is 2. The summed E-state index contributed by atoms with van der Waals surface area (Å²) in [6, 6.07) is 19.4. The third-order valence-electron chi connectivity index (χ3n) is 5.80. The fourth-order valence-electron chi connectivity index (χ4n) is 3.87. The van der Waals surface area contributed by atoms with Gasteiger partial charge >= 0.3 is 0 Å². The minimum absolute atomic E-state index is 0.305. The molecule has 1 heterocycles. The molecule has 3 aromatic rings. The van der Waals surface area contributed by atoms with Crippen LogP contribution in [0.25, 0.3) is 5.57 Å². The third kappa shape index (κ3) is 3.77. The lowest BCUT2D eigenvalue weighted by atomic mass is 9.97. The molecule has 0 atom stereocenters. The number of carbonyl (C=O) groups is 2. The van der Waals surface area contributed by atoms with Crippen molar-refractivity contribution in [2.24, 2.45) is 0 Å². The van der Waals surface area contributed by atoms with E-state index in [2.05, 4.69) is 5.32 Å². The molecule has 0 saturated carbocycles. The third-order valence-corrected chi connectivity index (χ3v) is 5.80. The lowest BCUT2D eigenvalue weighted by Crippen LogP contribution is -2.32. The van der Waals surface area contributed by atoms with Crippen molar-refractivity contribution < 1.29 is 9.59 Å². The van der Waals surface area contributed by atoms with Crippen molar-refractivity contribution in [1.82, 2.24) is 0 Å². The van der Waals surface area contributed by atoms with Gasteiger partial charge < -0.3 is 5.32 Å². The Kier molecular flexibility index (Phi) is 5.24. The zero-order chi connectivity index (χ0) is 22.3. The van der Waals surface area contributed by atoms with Crippen LogP contribution in [0.15, 0.2) is 66.4 Å². The van der Waals surface area contributed by atoms with Gasteiger partial charge in [0.1, 0.15) is 5.70 Å². The highest BCUT2D eigenvalue weighted by Crippen LogP contribution is 2.35. The first kappa shape index (κ1) is 20.6. The summed E-state index contributed by atoms with van der Waals surface area (Å²) >= 11 is 0. The van der Waals surface area contributed by atoms with Crippen LogP contribution in [0.4, 0.5) is 11.4 Å². The Morgan fingerprint density at radius 2 is 1.32 bits per heavy atom. The lowest BCUT2D eigenvalue weighted by Gasteiger charge is -2.17. The molecule has 1 aliphatic rings. The molecule has 0 spiro atoms. The van der Waals surface area contributed by atoms with E-state index in [1.807, 2.05) is 95.3 Å². The van der Waals surface area contributed by atoms with E-state index in [0.29, 0.717) is 17.0 Å². The van der Waals surface area contributed by atoms with Gasteiger partial charge in [0.05, 0.1) is 11.3 Å². The Morgan fingerprint density at radius 1 is 0.645 bits per heavy atom. The number of nitrogens with zero attached hydrogens (tertiary/aromatic N) is 1. The second kappa shape index (κ2) is 7.88. The van der Waals surface area contributed by atoms with Gasteiger partial charge in [-0.15, -0.1) is 0 Å². The standard InChI is InChI=1S/C27H26N2O2/c1-16-6-10-21(11-7-16)28-25-24(23-13-8-17(2)14-20(23)5)26(30)29(27(25)31)22-12-9-18(3)19(4)15-22/h6-15,28H,1-5H3. The maximum Gasteiger partial charge on any atom is 0.282 e. The molecule has 156 valence electrons. The largest absolute Gasteiger partial charge is 0.350 e. The Hall–Kier alpha value is -3.66. The Morgan fingerprint density at radius 3 is 1.97 bits per heavy atom. The molecule has 0 aliphatic carbocycles. The molecule has 0 fully saturated rings. The van der Waals surface area contributed by atoms with E-state index in [9.17, 15) is 9.59 Å². The second-order valence-corrected chi connectivity index (χ2v) is 8.27. The van der Waals surface area contributed by atoms with Gasteiger partial charge in [0, 0.05) is 5.69 Å². The molecule has 1 aliphatic heterocycles. The molecular formula is C27H26N2O2. The highest BCUT2D eigenvalue weighted by molar-refractivity contribution is 6.46. The summed E-state index contributed by atoms with van der Waals surface area (Å²) in [5.41, 5.74) is 8.17. The van der Waals surface area contributed by atoms with Crippen molar-refractivity contribution in [3.8, 4) is 0 Å². The first-order chi connectivity index (χ1) is 14.8. The molecular weight excluding hydrogens is 384 g/mol. The van der Waals surface area contributed by atoms with Gasteiger partial charge in [-0.05, 0) is 81.1 Å². The molecule has 0 aromatic heterocycles. The lowest BCUT2D eigenvalue weighted by molar-refractivity contribution is -0.120. The van der Waals surface area contributed by atoms with Gasteiger partial charge in [0.25, 0.3) is 11.8 Å². The van der Waals surface area contributed by atoms with Crippen LogP contribution >= 0.6 is 0 Å². The molecule has 3 aromatic carbocycles. The minimum Gasteiger partial charge on any atom is -0.350 e. The van der Waals surface area contributed by atoms with Crippen LogP contribution in [-0.2, 0) is 9.59 Å². The zero-order valence-electron chi connectivity index (χ0n) is 18.5. The summed E-state index contributed by atoms with van der Waals surface area (Å²) < 4.78 is 0. The van der Waals surface area contributed by atoms with Crippen molar-refractivity contribution >= 4 is 28.8 Å². The molecule has 4 nitrogen and oxygen atoms in total. The number of hydrogen-bond donors (Lipinski definition) is 1. The SMILES string of the molecule is Cc1ccc(NC2=C(c3ccc(C)cc3C)C(=O)N(c3ccc(C)c(C)c3)C2=O)cc1. The molecule has 4 rings (SSSR count). The molecule has 31 heavy (non-hydrogen) atoms. The van der Waals surface area contributed by atoms with Crippen LogP contribution in [0.3, 0.4) is 0 Å². The van der Waals surface area contributed by atoms with Crippen molar-refractivity contribution in [2.75, 3.05) is 10.2 Å². The summed E-state index contributed by atoms with van der Waals surface area (Å²) in [4.78, 5) is 28.4. The number of anilines is 2. The number of aryl methyl sites for hydroxylation is 5. The number of amides is 2. The van der Waals surface area contributed by atoms with Crippen LogP contribution in [0.5, 0.6) is 0 Å². The summed E-state index contributed by atoms with van der Waals surface area (Å²) in [7, 11) is 0. The van der Waals surface area contributed by atoms with E-state index in [0.717, 1.165) is 39.1 Å². The number of hydrogen-bond acceptors (Lipinski definition) is 3. The first-order valence-corrected chi connectivity index (χ1v) is 10.4. The second-order valence-electron chi connectivity index (χ2n) is 8.27. The van der Waals surface area contributed by atoms with Crippen molar-refractivity contribution in [3.63, 3.8) is 0 Å². The predicted molar refractivity (Wildman–Crippen MR) is 126 cm³/mol. The van der Waals surface area contributed by atoms with Gasteiger partial charge in [-0.2, -0.15) is 0 Å². The summed E-state index contributed by atoms with van der Waals surface area (Å²) in [5.74, 6) is -0.654. The number of imide groups is 1. The van der Waals surface area contributed by atoms with Crippen molar-refractivity contribution in [1.29, 1.82) is 0 Å². The predicted octanol–water partition coefficient (Wildman–Crippen LogP) is 5.63. The van der Waals surface area contributed by atoms with Crippen LogP contribution in [0, 0.1) is 34.6 Å². The molecule has 4 heteroatoms. The van der Waals surface area contributed by atoms with Crippen LogP contribution in [-0.4, -0.2) is 11.8 Å². The van der Waals surface area contributed by atoms with E-state index in [1.165, 1.54) is 4.90 Å². The van der Waals surface area contributed by atoms with Crippen LogP contribution in [0.1, 0.15) is 33.4 Å². The quantitative estimate of drug-likeness (QED) is 0.568. The van der Waals surface area contributed by atoms with Gasteiger partial charge in [0.2, 0.25) is 0 Å². The number of nitrogens with one attached hydrogen (secondary N) is 1. The molecule has 0 bridgehead atoms. The van der Waals surface area contributed by atoms with E-state index >= 15 is 0 Å². The highest BCUT2D eigenvalue weighted by atomic mass is 16.2. The van der Waals surface area contributed by atoms with E-state index < -0.39 is 0 Å². The molecule has 0 unspecified atom stereocenters. The molecule has 2 amide bonds. The number of rotatable bonds is 4. The number of benzene rings is 3. The van der Waals surface area contributed by atoms with Gasteiger partial charge in [-0.1, -0.05) is 47.5 Å². The summed E-state index contributed by atoms with van der Waals surface area (Å²) in [6.07, 6.45) is 0. The van der Waals surface area contributed by atoms with E-state index in [-0.39, 0.29) is 11.8 Å². The van der Waals surface area contributed by atoms with E-state index in [4.69, 9.17) is 0 Å². The van der Waals surface area contributed by atoms with Crippen LogP contribution < -0.4 is 10.2 Å². The van der Waals surface area contributed by atoms with Gasteiger partial charge in [-0.25, -0.2) is 4.90 Å². The fourth-order valence-corrected chi connectivity index (χ4v) is 3.87. The first-order valence-electron chi connectivity index (χ1n) is 10.4. The normalized spacial score (nSPS) is 13.9. The van der Waals surface area contributed by atoms with Gasteiger partial charge in [0.15, 0.2) is 0 Å². The van der Waals surface area contributed by atoms with Crippen molar-refractivity contribution in [2.45, 2.75) is 34.6 Å². The Bertz CT molecular complexity index is 1240. The van der Waals surface area contributed by atoms with E-state index in [1.54, 1.807) is 0 Å². The summed E-state index contributed by atoms with van der Waals surface area (Å²) in [6.45, 7) is 9.98. The maximum atomic E-state index is 13.6. The summed E-state index contributed by atoms with van der Waals surface area (Å²) in [5, 5.41) is 3.23. The average Bonchev–Trinajstić information content (AvgIpc) is 2.96. The smallest absolute Gasteiger partial charge is 0.282 e. The average molecular weight is 411 g/mol. The minimum atomic E-state index is -0.344. The highest BCUT2D eigenvalue weighted by Gasteiger charge is 2.40. The molecule has 0 radical (unpaired) electrons. The van der Waals surface area contributed by atoms with Crippen molar-refractivity contribution in [3.05, 3.63) is 99.7 Å². The van der Waals surface area contributed by atoms with Gasteiger partial charge in [-0.3, -0.25) is 9.59 Å². The Balaban J connectivity index is 1.86. The monoisotopic (exact) mass is 410 g/mol.